The van der Waals surface area contributed by atoms with Gasteiger partial charge in [0.2, 0.25) is 0 Å². The Labute approximate surface area is 145 Å². The molecule has 0 aromatic carbocycles. The summed E-state index contributed by atoms with van der Waals surface area (Å²) in [6, 6.07) is 0. The summed E-state index contributed by atoms with van der Waals surface area (Å²) in [6.07, 6.45) is 17.2. The summed E-state index contributed by atoms with van der Waals surface area (Å²) >= 11 is 0. The molecule has 138 valence electrons. The van der Waals surface area contributed by atoms with Gasteiger partial charge in [-0.15, -0.1) is 0 Å². The summed E-state index contributed by atoms with van der Waals surface area (Å²) in [7, 11) is 0. The SMILES string of the molecule is CC(CCCCCCCCCCCCCC(=O)O)CC(C)(C)C. The van der Waals surface area contributed by atoms with Crippen molar-refractivity contribution in [3.63, 3.8) is 0 Å². The van der Waals surface area contributed by atoms with Crippen molar-refractivity contribution in [1.82, 2.24) is 0 Å². The zero-order valence-electron chi connectivity index (χ0n) is 16.3. The predicted molar refractivity (Wildman–Crippen MR) is 101 cm³/mol. The number of hydrogen-bond donors (Lipinski definition) is 1. The lowest BCUT2D eigenvalue weighted by Gasteiger charge is -2.23. The lowest BCUT2D eigenvalue weighted by molar-refractivity contribution is -0.137. The summed E-state index contributed by atoms with van der Waals surface area (Å²) in [5.74, 6) is 0.217. The fourth-order valence-electron chi connectivity index (χ4n) is 3.51. The summed E-state index contributed by atoms with van der Waals surface area (Å²) in [5.41, 5.74) is 0.479. The molecule has 0 saturated carbocycles. The van der Waals surface area contributed by atoms with Crippen LogP contribution in [0.2, 0.25) is 0 Å². The normalized spacial score (nSPS) is 13.2. The molecule has 0 fully saturated rings. The van der Waals surface area contributed by atoms with Crippen molar-refractivity contribution in [1.29, 1.82) is 0 Å². The second-order valence-electron chi connectivity index (χ2n) is 8.69. The number of carbonyl (C=O) groups is 1. The van der Waals surface area contributed by atoms with Gasteiger partial charge >= 0.3 is 5.97 Å². The summed E-state index contributed by atoms with van der Waals surface area (Å²) < 4.78 is 0. The van der Waals surface area contributed by atoms with Crippen LogP contribution in [0.3, 0.4) is 0 Å². The van der Waals surface area contributed by atoms with Crippen LogP contribution in [-0.2, 0) is 4.79 Å². The Kier molecular flexibility index (Phi) is 13.5. The van der Waals surface area contributed by atoms with E-state index in [1.54, 1.807) is 0 Å². The second-order valence-corrected chi connectivity index (χ2v) is 8.69. The Hall–Kier alpha value is -0.530. The molecule has 2 heteroatoms. The maximum absolute atomic E-state index is 10.4. The first-order valence-corrected chi connectivity index (χ1v) is 10.0. The molecule has 1 atom stereocenters. The monoisotopic (exact) mass is 326 g/mol. The maximum atomic E-state index is 10.4. The van der Waals surface area contributed by atoms with Crippen molar-refractivity contribution < 1.29 is 9.90 Å². The molecule has 2 nitrogen and oxygen atoms in total. The van der Waals surface area contributed by atoms with Crippen molar-refractivity contribution in [3.8, 4) is 0 Å². The van der Waals surface area contributed by atoms with E-state index in [4.69, 9.17) is 5.11 Å². The van der Waals surface area contributed by atoms with Gasteiger partial charge in [0, 0.05) is 6.42 Å². The maximum Gasteiger partial charge on any atom is 0.303 e. The van der Waals surface area contributed by atoms with Gasteiger partial charge in [-0.05, 0) is 24.2 Å². The van der Waals surface area contributed by atoms with E-state index in [2.05, 4.69) is 27.7 Å². The van der Waals surface area contributed by atoms with Crippen molar-refractivity contribution in [2.45, 2.75) is 118 Å². The van der Waals surface area contributed by atoms with E-state index in [-0.39, 0.29) is 0 Å². The van der Waals surface area contributed by atoms with E-state index >= 15 is 0 Å². The number of unbranched alkanes of at least 4 members (excludes halogenated alkanes) is 10. The Balaban J connectivity index is 3.18. The minimum absolute atomic E-state index is 0.342. The number of carboxylic acid groups (broad SMARTS) is 1. The van der Waals surface area contributed by atoms with Crippen LogP contribution in [0.1, 0.15) is 118 Å². The molecular weight excluding hydrogens is 284 g/mol. The predicted octanol–water partition coefficient (Wildman–Crippen LogP) is 7.21. The highest BCUT2D eigenvalue weighted by molar-refractivity contribution is 5.66. The number of hydrogen-bond acceptors (Lipinski definition) is 1. The molecule has 0 aromatic heterocycles. The van der Waals surface area contributed by atoms with Crippen LogP contribution in [0.15, 0.2) is 0 Å². The van der Waals surface area contributed by atoms with Gasteiger partial charge in [-0.2, -0.15) is 0 Å². The first-order valence-electron chi connectivity index (χ1n) is 10.0. The molecule has 0 heterocycles. The summed E-state index contributed by atoms with van der Waals surface area (Å²) in [4.78, 5) is 10.4. The molecule has 0 aromatic rings. The minimum atomic E-state index is -0.655. The fourth-order valence-corrected chi connectivity index (χ4v) is 3.51. The average molecular weight is 327 g/mol. The zero-order chi connectivity index (χ0) is 17.6. The Morgan fingerprint density at radius 1 is 0.783 bits per heavy atom. The van der Waals surface area contributed by atoms with Crippen LogP contribution in [0.4, 0.5) is 0 Å². The molecule has 0 saturated heterocycles. The van der Waals surface area contributed by atoms with Crippen LogP contribution >= 0.6 is 0 Å². The van der Waals surface area contributed by atoms with Crippen LogP contribution < -0.4 is 0 Å². The van der Waals surface area contributed by atoms with Crippen molar-refractivity contribution in [2.24, 2.45) is 11.3 Å². The van der Waals surface area contributed by atoms with Gasteiger partial charge in [-0.1, -0.05) is 98.3 Å². The van der Waals surface area contributed by atoms with E-state index in [0.29, 0.717) is 11.8 Å². The van der Waals surface area contributed by atoms with Gasteiger partial charge in [0.25, 0.3) is 0 Å². The van der Waals surface area contributed by atoms with Crippen molar-refractivity contribution in [2.75, 3.05) is 0 Å². The molecule has 0 aliphatic rings. The van der Waals surface area contributed by atoms with E-state index < -0.39 is 5.97 Å². The summed E-state index contributed by atoms with van der Waals surface area (Å²) in [6.45, 7) is 9.43. The Bertz CT molecular complexity index is 278. The third kappa shape index (κ3) is 19.4. The van der Waals surface area contributed by atoms with Gasteiger partial charge in [0.1, 0.15) is 0 Å². The van der Waals surface area contributed by atoms with Crippen LogP contribution in [0.5, 0.6) is 0 Å². The number of rotatable bonds is 15. The van der Waals surface area contributed by atoms with Crippen LogP contribution in [0, 0.1) is 11.3 Å². The molecule has 1 N–H and O–H groups in total. The van der Waals surface area contributed by atoms with Crippen LogP contribution in [-0.4, -0.2) is 11.1 Å². The molecular formula is C21H42O2. The highest BCUT2D eigenvalue weighted by atomic mass is 16.4. The van der Waals surface area contributed by atoms with Gasteiger partial charge in [0.05, 0.1) is 0 Å². The van der Waals surface area contributed by atoms with Crippen molar-refractivity contribution in [3.05, 3.63) is 0 Å². The first kappa shape index (κ1) is 22.5. The van der Waals surface area contributed by atoms with E-state index in [9.17, 15) is 4.79 Å². The number of aliphatic carboxylic acids is 1. The molecule has 23 heavy (non-hydrogen) atoms. The van der Waals surface area contributed by atoms with Gasteiger partial charge in [-0.25, -0.2) is 0 Å². The topological polar surface area (TPSA) is 37.3 Å². The molecule has 1 unspecified atom stereocenters. The van der Waals surface area contributed by atoms with Crippen molar-refractivity contribution >= 4 is 5.97 Å². The van der Waals surface area contributed by atoms with E-state index in [0.717, 1.165) is 18.8 Å². The van der Waals surface area contributed by atoms with Gasteiger partial charge < -0.3 is 5.11 Å². The lowest BCUT2D eigenvalue weighted by atomic mass is 9.83. The average Bonchev–Trinajstić information content (AvgIpc) is 2.41. The molecule has 0 radical (unpaired) electrons. The van der Waals surface area contributed by atoms with Gasteiger partial charge in [0.15, 0.2) is 0 Å². The standard InChI is InChI=1S/C21H42O2/c1-19(18-21(2,3)4)16-14-12-10-8-6-5-7-9-11-13-15-17-20(22)23/h19H,5-18H2,1-4H3,(H,22,23). The molecule has 0 rings (SSSR count). The smallest absolute Gasteiger partial charge is 0.303 e. The highest BCUT2D eigenvalue weighted by Gasteiger charge is 2.14. The number of carboxylic acids is 1. The molecule has 0 amide bonds. The van der Waals surface area contributed by atoms with Crippen LogP contribution in [0.25, 0.3) is 0 Å². The van der Waals surface area contributed by atoms with E-state index in [1.165, 1.54) is 70.6 Å². The molecule has 0 aliphatic carbocycles. The largest absolute Gasteiger partial charge is 0.481 e. The quantitative estimate of drug-likeness (QED) is 0.323. The van der Waals surface area contributed by atoms with E-state index in [1.807, 2.05) is 0 Å². The molecule has 0 bridgehead atoms. The third-order valence-corrected chi connectivity index (χ3v) is 4.55. The second kappa shape index (κ2) is 13.9. The Morgan fingerprint density at radius 3 is 1.57 bits per heavy atom. The highest BCUT2D eigenvalue weighted by Crippen LogP contribution is 2.27. The fraction of sp³-hybridized carbons (Fsp3) is 0.952. The molecule has 0 aliphatic heterocycles. The minimum Gasteiger partial charge on any atom is -0.481 e. The van der Waals surface area contributed by atoms with Gasteiger partial charge in [-0.3, -0.25) is 4.79 Å². The summed E-state index contributed by atoms with van der Waals surface area (Å²) in [5, 5.41) is 8.55. The zero-order valence-corrected chi connectivity index (χ0v) is 16.3. The molecule has 0 spiro atoms. The third-order valence-electron chi connectivity index (χ3n) is 4.55. The Morgan fingerprint density at radius 2 is 1.17 bits per heavy atom. The first-order chi connectivity index (χ1) is 10.8. The lowest BCUT2D eigenvalue weighted by Crippen LogP contribution is -2.10.